The third-order valence-electron chi connectivity index (χ3n) is 7.50. The van der Waals surface area contributed by atoms with Gasteiger partial charge >= 0.3 is 0 Å². The first-order valence-corrected chi connectivity index (χ1v) is 14.9. The maximum Gasteiger partial charge on any atom is 0.147 e. The number of hydrogen-bond acceptors (Lipinski definition) is 6. The Morgan fingerprint density at radius 1 is 0.811 bits per heavy atom. The Hall–Kier alpha value is -0.940. The molecule has 0 unspecified atom stereocenters. The number of rotatable bonds is 22. The first-order chi connectivity index (χ1) is 18.2. The van der Waals surface area contributed by atoms with E-state index >= 15 is 0 Å². The predicted molar refractivity (Wildman–Crippen MR) is 148 cm³/mol. The van der Waals surface area contributed by atoms with Gasteiger partial charge in [-0.05, 0) is 44.9 Å². The van der Waals surface area contributed by atoms with E-state index < -0.39 is 0 Å². The summed E-state index contributed by atoms with van der Waals surface area (Å²) >= 11 is 0. The van der Waals surface area contributed by atoms with Crippen molar-refractivity contribution in [1.82, 2.24) is 0 Å². The van der Waals surface area contributed by atoms with Gasteiger partial charge in [0, 0.05) is 20.6 Å². The smallest absolute Gasteiger partial charge is 0.147 e. The number of unbranched alkanes of at least 4 members (excludes halogenated alkanes) is 9. The van der Waals surface area contributed by atoms with Gasteiger partial charge in [0.1, 0.15) is 19.7 Å². The highest BCUT2D eigenvalue weighted by molar-refractivity contribution is 4.98. The number of hydrogen-bond donors (Lipinski definition) is 0. The van der Waals surface area contributed by atoms with Crippen LogP contribution in [0.3, 0.4) is 0 Å². The van der Waals surface area contributed by atoms with Crippen LogP contribution in [0.2, 0.25) is 0 Å². The van der Waals surface area contributed by atoms with Gasteiger partial charge in [-0.3, -0.25) is 0 Å². The van der Waals surface area contributed by atoms with Crippen LogP contribution in [0.1, 0.15) is 110 Å². The highest BCUT2D eigenvalue weighted by Crippen LogP contribution is 2.35. The second kappa shape index (κ2) is 21.0. The Labute approximate surface area is 227 Å². The Morgan fingerprint density at radius 3 is 2.11 bits per heavy atom. The monoisotopic (exact) mass is 522 g/mol. The van der Waals surface area contributed by atoms with E-state index in [2.05, 4.69) is 25.0 Å². The first kappa shape index (κ1) is 32.3. The van der Waals surface area contributed by atoms with Crippen molar-refractivity contribution in [3.8, 4) is 12.3 Å². The average Bonchev–Trinajstić information content (AvgIpc) is 3.59. The lowest BCUT2D eigenvalue weighted by atomic mass is 10.0. The average molecular weight is 523 g/mol. The van der Waals surface area contributed by atoms with Gasteiger partial charge in [0.15, 0.2) is 0 Å². The number of allylic oxidation sites excluding steroid dienone is 1. The summed E-state index contributed by atoms with van der Waals surface area (Å²) in [5.74, 6) is 2.69. The molecule has 37 heavy (non-hydrogen) atoms. The fourth-order valence-electron chi connectivity index (χ4n) is 5.44. The molecule has 0 aromatic rings. The van der Waals surface area contributed by atoms with Gasteiger partial charge in [-0.15, -0.1) is 12.3 Å². The standard InChI is InChI=1S/C31H54O6/c1-5-7-9-11-12-13-15-17-19-27(35-25-33-4)29-21-23-31(37-29)30-22-20-28(36-30)26(34-24-32-3)18-16-14-10-8-6-2/h2,16,18,26-31H,5,7-15,17,19-25H2,1,3-4H3/b18-16+/t26-,27-,28-,29-,30-,31-/m1/s1. The maximum atomic E-state index is 6.55. The van der Waals surface area contributed by atoms with Gasteiger partial charge in [-0.1, -0.05) is 70.4 Å². The molecule has 0 amide bonds. The normalized spacial score (nSPS) is 25.6. The molecule has 2 saturated heterocycles. The summed E-state index contributed by atoms with van der Waals surface area (Å²) in [4.78, 5) is 0. The molecule has 0 spiro atoms. The molecule has 214 valence electrons. The van der Waals surface area contributed by atoms with E-state index in [1.165, 1.54) is 51.4 Å². The van der Waals surface area contributed by atoms with Crippen molar-refractivity contribution < 1.29 is 28.4 Å². The SMILES string of the molecule is C#CCCC/C=C/[C@@H](OCOC)[C@H]1CC[C@H]([C@H]2CC[C@H]([C@@H](CCCCCCCCCC)OCOC)O2)O1. The lowest BCUT2D eigenvalue weighted by Gasteiger charge is -2.26. The fourth-order valence-corrected chi connectivity index (χ4v) is 5.44. The van der Waals surface area contributed by atoms with Gasteiger partial charge in [-0.25, -0.2) is 0 Å². The number of terminal acetylenes is 1. The summed E-state index contributed by atoms with van der Waals surface area (Å²) in [5.41, 5.74) is 0. The third-order valence-corrected chi connectivity index (χ3v) is 7.50. The zero-order valence-electron chi connectivity index (χ0n) is 23.9. The molecule has 2 heterocycles. The zero-order valence-corrected chi connectivity index (χ0v) is 23.9. The van der Waals surface area contributed by atoms with Gasteiger partial charge < -0.3 is 28.4 Å². The van der Waals surface area contributed by atoms with E-state index in [9.17, 15) is 0 Å². The minimum absolute atomic E-state index is 0.0181. The van der Waals surface area contributed by atoms with Gasteiger partial charge in [0.25, 0.3) is 0 Å². The van der Waals surface area contributed by atoms with Crippen LogP contribution in [0.5, 0.6) is 0 Å². The summed E-state index contributed by atoms with van der Waals surface area (Å²) < 4.78 is 35.4. The molecule has 2 aliphatic heterocycles. The molecule has 6 heteroatoms. The molecule has 0 aromatic carbocycles. The second-order valence-electron chi connectivity index (χ2n) is 10.5. The zero-order chi connectivity index (χ0) is 26.6. The second-order valence-corrected chi connectivity index (χ2v) is 10.5. The largest absolute Gasteiger partial charge is 0.370 e. The van der Waals surface area contributed by atoms with Crippen molar-refractivity contribution in [2.75, 3.05) is 27.8 Å². The van der Waals surface area contributed by atoms with E-state index in [-0.39, 0.29) is 43.4 Å². The Bertz CT molecular complexity index is 617. The van der Waals surface area contributed by atoms with Gasteiger partial charge in [-0.2, -0.15) is 0 Å². The van der Waals surface area contributed by atoms with Crippen LogP contribution in [0.4, 0.5) is 0 Å². The van der Waals surface area contributed by atoms with Crippen LogP contribution in [0, 0.1) is 12.3 Å². The van der Waals surface area contributed by atoms with Crippen molar-refractivity contribution in [3.05, 3.63) is 12.2 Å². The highest BCUT2D eigenvalue weighted by atomic mass is 16.7. The lowest BCUT2D eigenvalue weighted by molar-refractivity contribution is -0.151. The summed E-state index contributed by atoms with van der Waals surface area (Å²) in [6.45, 7) is 2.84. The van der Waals surface area contributed by atoms with Crippen LogP contribution in [0.25, 0.3) is 0 Å². The van der Waals surface area contributed by atoms with E-state index in [0.717, 1.165) is 51.4 Å². The van der Waals surface area contributed by atoms with E-state index in [4.69, 9.17) is 34.8 Å². The molecule has 0 aromatic heterocycles. The van der Waals surface area contributed by atoms with Gasteiger partial charge in [0.2, 0.25) is 0 Å². The Kier molecular flexibility index (Phi) is 18.3. The van der Waals surface area contributed by atoms with Crippen molar-refractivity contribution in [2.45, 2.75) is 146 Å². The molecule has 0 saturated carbocycles. The molecule has 0 aliphatic carbocycles. The molecule has 2 rings (SSSR count). The van der Waals surface area contributed by atoms with Crippen LogP contribution >= 0.6 is 0 Å². The summed E-state index contributed by atoms with van der Waals surface area (Å²) in [5, 5.41) is 0. The summed E-state index contributed by atoms with van der Waals surface area (Å²) in [7, 11) is 3.33. The van der Waals surface area contributed by atoms with E-state index in [1.54, 1.807) is 14.2 Å². The Morgan fingerprint density at radius 2 is 1.43 bits per heavy atom. The minimum atomic E-state index is -0.118. The molecule has 0 bridgehead atoms. The molecule has 6 atom stereocenters. The molecule has 2 aliphatic rings. The fraction of sp³-hybridized carbons (Fsp3) is 0.871. The summed E-state index contributed by atoms with van der Waals surface area (Å²) in [6, 6.07) is 0. The summed E-state index contributed by atoms with van der Waals surface area (Å²) in [6.07, 6.45) is 28.2. The highest BCUT2D eigenvalue weighted by Gasteiger charge is 2.41. The van der Waals surface area contributed by atoms with Crippen molar-refractivity contribution in [1.29, 1.82) is 0 Å². The van der Waals surface area contributed by atoms with Crippen LogP contribution in [-0.4, -0.2) is 64.4 Å². The van der Waals surface area contributed by atoms with E-state index in [1.807, 2.05) is 0 Å². The van der Waals surface area contributed by atoms with Crippen LogP contribution in [0.15, 0.2) is 12.2 Å². The van der Waals surface area contributed by atoms with E-state index in [0.29, 0.717) is 6.79 Å². The molecule has 6 nitrogen and oxygen atoms in total. The minimum Gasteiger partial charge on any atom is -0.370 e. The van der Waals surface area contributed by atoms with Crippen LogP contribution < -0.4 is 0 Å². The molecular formula is C31H54O6. The van der Waals surface area contributed by atoms with Crippen LogP contribution in [-0.2, 0) is 28.4 Å². The number of ether oxygens (including phenoxy) is 6. The Balaban J connectivity index is 1.78. The maximum absolute atomic E-state index is 6.55. The predicted octanol–water partition coefficient (Wildman–Crippen LogP) is 6.95. The molecular weight excluding hydrogens is 468 g/mol. The quantitative estimate of drug-likeness (QED) is 0.0664. The number of methoxy groups -OCH3 is 2. The lowest BCUT2D eigenvalue weighted by Crippen LogP contribution is -2.34. The topological polar surface area (TPSA) is 55.4 Å². The molecule has 2 fully saturated rings. The molecule has 0 radical (unpaired) electrons. The third kappa shape index (κ3) is 13.1. The van der Waals surface area contributed by atoms with Crippen molar-refractivity contribution >= 4 is 0 Å². The van der Waals surface area contributed by atoms with Crippen molar-refractivity contribution in [3.63, 3.8) is 0 Å². The van der Waals surface area contributed by atoms with Crippen molar-refractivity contribution in [2.24, 2.45) is 0 Å². The molecule has 0 N–H and O–H groups in total. The van der Waals surface area contributed by atoms with Gasteiger partial charge in [0.05, 0.1) is 30.5 Å². The first-order valence-electron chi connectivity index (χ1n) is 14.9.